The molecule has 6 rings (SSSR count). The van der Waals surface area contributed by atoms with Gasteiger partial charge in [-0.25, -0.2) is 0 Å². The molecule has 0 unspecified atom stereocenters. The van der Waals surface area contributed by atoms with Crippen molar-refractivity contribution in [2.24, 2.45) is 0 Å². The Balaban J connectivity index is 1.54. The van der Waals surface area contributed by atoms with Gasteiger partial charge in [0, 0.05) is 47.2 Å². The first kappa shape index (κ1) is 24.0. The zero-order valence-electron chi connectivity index (χ0n) is 21.4. The minimum Gasteiger partial charge on any atom is -0.508 e. The predicted molar refractivity (Wildman–Crippen MR) is 144 cm³/mol. The quantitative estimate of drug-likeness (QED) is 0.306. The SMILES string of the molecule is COc1cc(O)c([C@@H]2C[C@H](c3ccccc3)Oc3cc(O)cc(OC)c32)c2c1CC[C@@H](c1ccccc1)O2. The molecule has 0 fully saturated rings. The maximum absolute atomic E-state index is 11.5. The summed E-state index contributed by atoms with van der Waals surface area (Å²) in [6.45, 7) is 0. The number of aromatic hydroxyl groups is 2. The number of hydrogen-bond donors (Lipinski definition) is 2. The molecule has 0 bridgehead atoms. The number of phenols is 2. The van der Waals surface area contributed by atoms with Crippen LogP contribution in [-0.4, -0.2) is 24.4 Å². The third-order valence-electron chi connectivity index (χ3n) is 7.56. The second-order valence-electron chi connectivity index (χ2n) is 9.74. The van der Waals surface area contributed by atoms with E-state index in [4.69, 9.17) is 18.9 Å². The van der Waals surface area contributed by atoms with Crippen molar-refractivity contribution in [2.75, 3.05) is 14.2 Å². The second kappa shape index (κ2) is 9.86. The molecule has 4 aromatic rings. The standard InChI is InChI=1S/C32H30O6/c1-35-27-18-24(34)30(32-22(27)13-14-25(38-32)19-9-5-3-6-10-19)23-17-26(20-11-7-4-8-12-20)37-29-16-21(33)15-28(36-2)31(23)29/h3-12,15-16,18,23,25-26,33-34H,13-14,17H2,1-2H3/t23-,25-,26+/m0/s1. The summed E-state index contributed by atoms with van der Waals surface area (Å²) in [6.07, 6.45) is 1.64. The molecule has 3 atom stereocenters. The predicted octanol–water partition coefficient (Wildman–Crippen LogP) is 6.84. The van der Waals surface area contributed by atoms with E-state index in [0.717, 1.165) is 35.1 Å². The Hall–Kier alpha value is -4.32. The number of benzene rings is 4. The van der Waals surface area contributed by atoms with Gasteiger partial charge in [-0.2, -0.15) is 0 Å². The molecule has 6 nitrogen and oxygen atoms in total. The van der Waals surface area contributed by atoms with Crippen LogP contribution in [-0.2, 0) is 6.42 Å². The zero-order valence-corrected chi connectivity index (χ0v) is 21.4. The highest BCUT2D eigenvalue weighted by Crippen LogP contribution is 2.57. The zero-order chi connectivity index (χ0) is 26.2. The molecular weight excluding hydrogens is 480 g/mol. The van der Waals surface area contributed by atoms with E-state index in [1.165, 1.54) is 0 Å². The summed E-state index contributed by atoms with van der Waals surface area (Å²) in [4.78, 5) is 0. The van der Waals surface area contributed by atoms with Gasteiger partial charge >= 0.3 is 0 Å². The molecule has 4 aromatic carbocycles. The Morgan fingerprint density at radius 2 is 1.39 bits per heavy atom. The summed E-state index contributed by atoms with van der Waals surface area (Å²) < 4.78 is 24.5. The van der Waals surface area contributed by atoms with Crippen molar-refractivity contribution in [3.63, 3.8) is 0 Å². The maximum Gasteiger partial charge on any atom is 0.134 e. The molecule has 2 aliphatic rings. The first-order valence-corrected chi connectivity index (χ1v) is 12.8. The maximum atomic E-state index is 11.5. The summed E-state index contributed by atoms with van der Waals surface area (Å²) >= 11 is 0. The molecule has 0 saturated heterocycles. The number of fused-ring (bicyclic) bond motifs is 2. The van der Waals surface area contributed by atoms with Gasteiger partial charge in [0.2, 0.25) is 0 Å². The first-order valence-electron chi connectivity index (χ1n) is 12.8. The largest absolute Gasteiger partial charge is 0.508 e. The Bertz CT molecular complexity index is 1450. The summed E-state index contributed by atoms with van der Waals surface area (Å²) in [5.74, 6) is 2.08. The molecular formula is C32H30O6. The molecule has 0 aromatic heterocycles. The van der Waals surface area contributed by atoms with Crippen LogP contribution < -0.4 is 18.9 Å². The van der Waals surface area contributed by atoms with Crippen LogP contribution in [0.1, 0.15) is 58.8 Å². The van der Waals surface area contributed by atoms with E-state index in [0.29, 0.717) is 35.0 Å². The van der Waals surface area contributed by atoms with Crippen molar-refractivity contribution in [3.05, 3.63) is 107 Å². The van der Waals surface area contributed by atoms with E-state index in [2.05, 4.69) is 12.1 Å². The monoisotopic (exact) mass is 510 g/mol. The molecule has 2 heterocycles. The lowest BCUT2D eigenvalue weighted by Gasteiger charge is -2.37. The van der Waals surface area contributed by atoms with Gasteiger partial charge in [-0.3, -0.25) is 0 Å². The van der Waals surface area contributed by atoms with Crippen molar-refractivity contribution in [3.8, 4) is 34.5 Å². The fourth-order valence-electron chi connectivity index (χ4n) is 5.81. The van der Waals surface area contributed by atoms with Gasteiger partial charge in [0.25, 0.3) is 0 Å². The molecule has 194 valence electrons. The minimum absolute atomic E-state index is 0.0504. The molecule has 2 N–H and O–H groups in total. The number of methoxy groups -OCH3 is 2. The highest BCUT2D eigenvalue weighted by atomic mass is 16.5. The van der Waals surface area contributed by atoms with Crippen molar-refractivity contribution >= 4 is 0 Å². The van der Waals surface area contributed by atoms with E-state index in [1.54, 1.807) is 32.4 Å². The van der Waals surface area contributed by atoms with E-state index in [1.807, 2.05) is 48.5 Å². The second-order valence-corrected chi connectivity index (χ2v) is 9.74. The first-order chi connectivity index (χ1) is 18.6. The van der Waals surface area contributed by atoms with Crippen LogP contribution in [0.25, 0.3) is 0 Å². The van der Waals surface area contributed by atoms with E-state index < -0.39 is 0 Å². The Morgan fingerprint density at radius 1 is 0.737 bits per heavy atom. The van der Waals surface area contributed by atoms with Crippen molar-refractivity contribution in [1.82, 2.24) is 0 Å². The smallest absolute Gasteiger partial charge is 0.134 e. The Labute approximate surface area is 222 Å². The molecule has 38 heavy (non-hydrogen) atoms. The molecule has 0 radical (unpaired) electrons. The topological polar surface area (TPSA) is 77.4 Å². The fraction of sp³-hybridized carbons (Fsp3) is 0.250. The van der Waals surface area contributed by atoms with E-state index >= 15 is 0 Å². The number of phenolic OH excluding ortho intramolecular Hbond substituents is 2. The van der Waals surface area contributed by atoms with Crippen LogP contribution in [0.3, 0.4) is 0 Å². The molecule has 2 aliphatic heterocycles. The van der Waals surface area contributed by atoms with E-state index in [-0.39, 0.29) is 29.6 Å². The molecule has 0 aliphatic carbocycles. The molecule has 6 heteroatoms. The summed E-state index contributed by atoms with van der Waals surface area (Å²) in [6, 6.07) is 25.0. The summed E-state index contributed by atoms with van der Waals surface area (Å²) in [7, 11) is 3.18. The molecule has 0 saturated carbocycles. The van der Waals surface area contributed by atoms with Gasteiger partial charge in [-0.1, -0.05) is 60.7 Å². The van der Waals surface area contributed by atoms with Gasteiger partial charge in [-0.05, 0) is 24.0 Å². The fourth-order valence-corrected chi connectivity index (χ4v) is 5.81. The Kier molecular flexibility index (Phi) is 6.24. The number of rotatable bonds is 5. The van der Waals surface area contributed by atoms with Crippen LogP contribution >= 0.6 is 0 Å². The number of ether oxygens (including phenoxy) is 4. The lowest BCUT2D eigenvalue weighted by Crippen LogP contribution is -2.23. The summed E-state index contributed by atoms with van der Waals surface area (Å²) in [5, 5.41) is 21.9. The lowest BCUT2D eigenvalue weighted by atomic mass is 9.79. The van der Waals surface area contributed by atoms with Crippen LogP contribution in [0.5, 0.6) is 34.5 Å². The highest BCUT2D eigenvalue weighted by Gasteiger charge is 2.39. The van der Waals surface area contributed by atoms with Crippen molar-refractivity contribution < 1.29 is 29.2 Å². The van der Waals surface area contributed by atoms with Gasteiger partial charge in [0.1, 0.15) is 46.7 Å². The van der Waals surface area contributed by atoms with Crippen LogP contribution in [0, 0.1) is 0 Å². The summed E-state index contributed by atoms with van der Waals surface area (Å²) in [5.41, 5.74) is 4.48. The van der Waals surface area contributed by atoms with Crippen LogP contribution in [0.4, 0.5) is 0 Å². The molecule has 0 spiro atoms. The van der Waals surface area contributed by atoms with E-state index in [9.17, 15) is 10.2 Å². The average molecular weight is 511 g/mol. The van der Waals surface area contributed by atoms with Gasteiger partial charge in [0.15, 0.2) is 0 Å². The van der Waals surface area contributed by atoms with Gasteiger partial charge in [0.05, 0.1) is 14.2 Å². The van der Waals surface area contributed by atoms with Crippen molar-refractivity contribution in [2.45, 2.75) is 37.4 Å². The van der Waals surface area contributed by atoms with Gasteiger partial charge in [-0.15, -0.1) is 0 Å². The minimum atomic E-state index is -0.325. The highest BCUT2D eigenvalue weighted by molar-refractivity contribution is 5.65. The lowest BCUT2D eigenvalue weighted by molar-refractivity contribution is 0.154. The Morgan fingerprint density at radius 3 is 2.05 bits per heavy atom. The molecule has 0 amide bonds. The third-order valence-corrected chi connectivity index (χ3v) is 7.56. The third kappa shape index (κ3) is 4.16. The van der Waals surface area contributed by atoms with Crippen LogP contribution in [0.2, 0.25) is 0 Å². The number of hydrogen-bond acceptors (Lipinski definition) is 6. The normalized spacial score (nSPS) is 19.9. The van der Waals surface area contributed by atoms with Crippen LogP contribution in [0.15, 0.2) is 78.9 Å². The van der Waals surface area contributed by atoms with Crippen molar-refractivity contribution in [1.29, 1.82) is 0 Å². The van der Waals surface area contributed by atoms with Gasteiger partial charge < -0.3 is 29.2 Å². The average Bonchev–Trinajstić information content (AvgIpc) is 2.96.